The Hall–Kier alpha value is -3.21. The highest BCUT2D eigenvalue weighted by Gasteiger charge is 2.31. The van der Waals surface area contributed by atoms with Gasteiger partial charge in [0, 0.05) is 13.1 Å². The topological polar surface area (TPSA) is 62.6 Å². The number of carbonyl (C=O) groups excluding carboxylic acids is 1. The van der Waals surface area contributed by atoms with Gasteiger partial charge in [0.1, 0.15) is 18.4 Å². The molecule has 0 atom stereocenters. The van der Waals surface area contributed by atoms with Gasteiger partial charge >= 0.3 is 12.3 Å². The molecule has 1 aliphatic heterocycles. The molecule has 2 aromatic rings. The zero-order chi connectivity index (χ0) is 21.6. The Labute approximate surface area is 172 Å². The van der Waals surface area contributed by atoms with Gasteiger partial charge in [-0.05, 0) is 42.5 Å². The highest BCUT2D eigenvalue weighted by molar-refractivity contribution is 5.67. The van der Waals surface area contributed by atoms with Crippen LogP contribution in [0.1, 0.15) is 29.5 Å². The number of rotatable bonds is 5. The van der Waals surface area contributed by atoms with Crippen molar-refractivity contribution >= 4 is 6.09 Å². The molecule has 0 spiro atoms. The SMILES string of the molecule is N#Cc1ccc(C(F)(F)F)cc1OCC1CCN(C(=O)OCc2ccccc2)CC1. The molecule has 0 radical (unpaired) electrons. The maximum Gasteiger partial charge on any atom is 0.416 e. The van der Waals surface area contributed by atoms with Crippen molar-refractivity contribution in [3.05, 3.63) is 65.2 Å². The summed E-state index contributed by atoms with van der Waals surface area (Å²) in [5.41, 5.74) is 0.112. The van der Waals surface area contributed by atoms with Gasteiger partial charge in [-0.2, -0.15) is 18.4 Å². The van der Waals surface area contributed by atoms with Crippen molar-refractivity contribution in [3.8, 4) is 11.8 Å². The average Bonchev–Trinajstić information content (AvgIpc) is 2.76. The van der Waals surface area contributed by atoms with E-state index in [0.29, 0.717) is 25.9 Å². The third kappa shape index (κ3) is 5.66. The minimum Gasteiger partial charge on any atom is -0.492 e. The van der Waals surface area contributed by atoms with E-state index in [0.717, 1.165) is 23.8 Å². The molecule has 0 bridgehead atoms. The van der Waals surface area contributed by atoms with Crippen LogP contribution in [-0.2, 0) is 17.5 Å². The molecule has 3 rings (SSSR count). The Morgan fingerprint density at radius 3 is 2.47 bits per heavy atom. The van der Waals surface area contributed by atoms with Crippen molar-refractivity contribution < 1.29 is 27.4 Å². The number of amides is 1. The second-order valence-electron chi connectivity index (χ2n) is 7.10. The summed E-state index contributed by atoms with van der Waals surface area (Å²) in [6, 6.07) is 14.1. The van der Waals surface area contributed by atoms with Gasteiger partial charge in [0.2, 0.25) is 0 Å². The van der Waals surface area contributed by atoms with Crippen molar-refractivity contribution in [1.82, 2.24) is 4.90 Å². The summed E-state index contributed by atoms with van der Waals surface area (Å²) in [5.74, 6) is 0.00119. The Balaban J connectivity index is 1.48. The third-order valence-electron chi connectivity index (χ3n) is 4.98. The van der Waals surface area contributed by atoms with E-state index in [1.165, 1.54) is 0 Å². The first kappa shape index (κ1) is 21.5. The van der Waals surface area contributed by atoms with Crippen LogP contribution in [0.15, 0.2) is 48.5 Å². The van der Waals surface area contributed by atoms with Gasteiger partial charge in [0.05, 0.1) is 17.7 Å². The fourth-order valence-electron chi connectivity index (χ4n) is 3.21. The van der Waals surface area contributed by atoms with Crippen LogP contribution in [0.5, 0.6) is 5.75 Å². The van der Waals surface area contributed by atoms with Gasteiger partial charge in [-0.25, -0.2) is 4.79 Å². The lowest BCUT2D eigenvalue weighted by Crippen LogP contribution is -2.40. The van der Waals surface area contributed by atoms with E-state index in [4.69, 9.17) is 14.7 Å². The summed E-state index contributed by atoms with van der Waals surface area (Å²) in [5, 5.41) is 9.11. The fourth-order valence-corrected chi connectivity index (χ4v) is 3.21. The van der Waals surface area contributed by atoms with Gasteiger partial charge in [-0.3, -0.25) is 0 Å². The molecule has 0 aromatic heterocycles. The van der Waals surface area contributed by atoms with Crippen LogP contribution in [0, 0.1) is 17.2 Å². The molecule has 0 N–H and O–H groups in total. The van der Waals surface area contributed by atoms with Crippen molar-refractivity contribution in [3.63, 3.8) is 0 Å². The molecular weight excluding hydrogens is 397 g/mol. The van der Waals surface area contributed by atoms with Crippen LogP contribution < -0.4 is 4.74 Å². The average molecular weight is 418 g/mol. The number of hydrogen-bond acceptors (Lipinski definition) is 4. The van der Waals surface area contributed by atoms with E-state index in [-0.39, 0.29) is 36.5 Å². The predicted molar refractivity (Wildman–Crippen MR) is 103 cm³/mol. The van der Waals surface area contributed by atoms with Crippen LogP contribution >= 0.6 is 0 Å². The molecule has 0 aliphatic carbocycles. The summed E-state index contributed by atoms with van der Waals surface area (Å²) in [7, 11) is 0. The number of ether oxygens (including phenoxy) is 2. The molecule has 1 fully saturated rings. The molecule has 30 heavy (non-hydrogen) atoms. The monoisotopic (exact) mass is 418 g/mol. The third-order valence-corrected chi connectivity index (χ3v) is 4.98. The van der Waals surface area contributed by atoms with Gasteiger partial charge in [-0.15, -0.1) is 0 Å². The fraction of sp³-hybridized carbons (Fsp3) is 0.364. The Bertz CT molecular complexity index is 902. The molecule has 1 saturated heterocycles. The summed E-state index contributed by atoms with van der Waals surface area (Å²) in [6.07, 6.45) is -3.61. The van der Waals surface area contributed by atoms with Gasteiger partial charge in [-0.1, -0.05) is 30.3 Å². The standard InChI is InChI=1S/C22H21F3N2O3/c23-22(24,25)19-7-6-18(13-26)20(12-19)29-14-17-8-10-27(11-9-17)21(28)30-15-16-4-2-1-3-5-16/h1-7,12,17H,8-11,14-15H2. The minimum absolute atomic E-state index is 0.0601. The normalized spacial score (nSPS) is 14.8. The second kappa shape index (κ2) is 9.53. The molecule has 0 saturated carbocycles. The van der Waals surface area contributed by atoms with E-state index in [2.05, 4.69) is 0 Å². The largest absolute Gasteiger partial charge is 0.492 e. The summed E-state index contributed by atoms with van der Waals surface area (Å²) in [4.78, 5) is 13.8. The number of piperidine rings is 1. The van der Waals surface area contributed by atoms with Crippen molar-refractivity contribution in [2.24, 2.45) is 5.92 Å². The smallest absolute Gasteiger partial charge is 0.416 e. The molecule has 1 heterocycles. The molecule has 8 heteroatoms. The number of benzene rings is 2. The molecule has 5 nitrogen and oxygen atoms in total. The number of halogens is 3. The minimum atomic E-state index is -4.50. The first-order valence-electron chi connectivity index (χ1n) is 9.56. The Kier molecular flexibility index (Phi) is 6.83. The molecule has 158 valence electrons. The molecular formula is C22H21F3N2O3. The maximum atomic E-state index is 12.9. The lowest BCUT2D eigenvalue weighted by molar-refractivity contribution is -0.137. The van der Waals surface area contributed by atoms with Crippen LogP contribution in [-0.4, -0.2) is 30.7 Å². The Morgan fingerprint density at radius 1 is 1.13 bits per heavy atom. The van der Waals surface area contributed by atoms with Crippen LogP contribution in [0.4, 0.5) is 18.0 Å². The zero-order valence-corrected chi connectivity index (χ0v) is 16.2. The molecule has 1 amide bonds. The van der Waals surface area contributed by atoms with E-state index in [1.807, 2.05) is 36.4 Å². The summed E-state index contributed by atoms with van der Waals surface area (Å²) >= 11 is 0. The van der Waals surface area contributed by atoms with E-state index < -0.39 is 11.7 Å². The van der Waals surface area contributed by atoms with Crippen molar-refractivity contribution in [2.75, 3.05) is 19.7 Å². The lowest BCUT2D eigenvalue weighted by Gasteiger charge is -2.31. The first-order valence-corrected chi connectivity index (χ1v) is 9.56. The lowest BCUT2D eigenvalue weighted by atomic mass is 9.98. The zero-order valence-electron chi connectivity index (χ0n) is 16.2. The van der Waals surface area contributed by atoms with Crippen LogP contribution in [0.25, 0.3) is 0 Å². The number of carbonyl (C=O) groups is 1. The van der Waals surface area contributed by atoms with Gasteiger partial charge in [0.15, 0.2) is 0 Å². The van der Waals surface area contributed by atoms with Crippen LogP contribution in [0.3, 0.4) is 0 Å². The number of hydrogen-bond donors (Lipinski definition) is 0. The number of nitrogens with zero attached hydrogens (tertiary/aromatic N) is 2. The van der Waals surface area contributed by atoms with Gasteiger partial charge < -0.3 is 14.4 Å². The molecule has 1 aliphatic rings. The summed E-state index contributed by atoms with van der Waals surface area (Å²) < 4.78 is 49.6. The highest BCUT2D eigenvalue weighted by Crippen LogP contribution is 2.33. The van der Waals surface area contributed by atoms with E-state index in [1.54, 1.807) is 4.90 Å². The maximum absolute atomic E-state index is 12.9. The molecule has 0 unspecified atom stereocenters. The number of alkyl halides is 3. The number of likely N-dealkylation sites (tertiary alicyclic amines) is 1. The summed E-state index contributed by atoms with van der Waals surface area (Å²) in [6.45, 7) is 1.35. The second-order valence-corrected chi connectivity index (χ2v) is 7.10. The van der Waals surface area contributed by atoms with E-state index in [9.17, 15) is 18.0 Å². The molecule has 2 aromatic carbocycles. The van der Waals surface area contributed by atoms with Crippen molar-refractivity contribution in [1.29, 1.82) is 5.26 Å². The quantitative estimate of drug-likeness (QED) is 0.685. The first-order chi connectivity index (χ1) is 14.4. The van der Waals surface area contributed by atoms with E-state index >= 15 is 0 Å². The van der Waals surface area contributed by atoms with Gasteiger partial charge in [0.25, 0.3) is 0 Å². The van der Waals surface area contributed by atoms with Crippen LogP contribution in [0.2, 0.25) is 0 Å². The Morgan fingerprint density at radius 2 is 1.83 bits per heavy atom. The van der Waals surface area contributed by atoms with Crippen molar-refractivity contribution in [2.45, 2.75) is 25.6 Å². The predicted octanol–water partition coefficient (Wildman–Crippen LogP) is 5.00. The highest BCUT2D eigenvalue weighted by atomic mass is 19.4. The number of nitriles is 1.